The third-order valence-electron chi connectivity index (χ3n) is 2.78. The normalized spacial score (nSPS) is 10.8. The molecule has 5 nitrogen and oxygen atoms in total. The molecule has 0 fully saturated rings. The van der Waals surface area contributed by atoms with Crippen LogP contribution in [-0.4, -0.2) is 19.6 Å². The van der Waals surface area contributed by atoms with Crippen LogP contribution in [-0.2, 0) is 6.42 Å². The first kappa shape index (κ1) is 11.6. The maximum absolute atomic E-state index is 12.9. The highest BCUT2D eigenvalue weighted by Crippen LogP contribution is 2.18. The van der Waals surface area contributed by atoms with Gasteiger partial charge in [-0.2, -0.15) is 14.6 Å². The van der Waals surface area contributed by atoms with Gasteiger partial charge < -0.3 is 5.32 Å². The molecule has 0 saturated carbocycles. The predicted octanol–water partition coefficient (Wildman–Crippen LogP) is 2.57. The molecule has 0 amide bonds. The highest BCUT2D eigenvalue weighted by molar-refractivity contribution is 5.58. The monoisotopic (exact) mass is 257 g/mol. The average molecular weight is 257 g/mol. The minimum absolute atomic E-state index is 0.263. The largest absolute Gasteiger partial charge is 0.340 e. The Morgan fingerprint density at radius 2 is 2.05 bits per heavy atom. The van der Waals surface area contributed by atoms with Gasteiger partial charge in [0.15, 0.2) is 0 Å². The number of nitrogens with zero attached hydrogens (tertiary/aromatic N) is 4. The van der Waals surface area contributed by atoms with Gasteiger partial charge in [0.05, 0.1) is 0 Å². The standard InChI is InChI=1S/C13H12FN5/c1-2-10-7-12(19-13(18-10)15-8-16-19)17-11-5-3-9(14)4-6-11/h3-8,17H,2H2,1H3. The van der Waals surface area contributed by atoms with Gasteiger partial charge in [0.25, 0.3) is 5.78 Å². The molecule has 3 aromatic rings. The maximum atomic E-state index is 12.9. The van der Waals surface area contributed by atoms with Crippen LogP contribution in [0.2, 0.25) is 0 Å². The zero-order valence-electron chi connectivity index (χ0n) is 10.3. The Hall–Kier alpha value is -2.50. The molecule has 0 spiro atoms. The zero-order chi connectivity index (χ0) is 13.2. The quantitative estimate of drug-likeness (QED) is 0.783. The fourth-order valence-corrected chi connectivity index (χ4v) is 1.81. The first-order valence-corrected chi connectivity index (χ1v) is 5.98. The van der Waals surface area contributed by atoms with Gasteiger partial charge in [0, 0.05) is 17.4 Å². The number of benzene rings is 1. The first-order valence-electron chi connectivity index (χ1n) is 5.98. The summed E-state index contributed by atoms with van der Waals surface area (Å²) >= 11 is 0. The second kappa shape index (κ2) is 4.64. The Kier molecular flexibility index (Phi) is 2.83. The second-order valence-electron chi connectivity index (χ2n) is 4.09. The molecule has 19 heavy (non-hydrogen) atoms. The van der Waals surface area contributed by atoms with Crippen molar-refractivity contribution >= 4 is 17.3 Å². The van der Waals surface area contributed by atoms with Gasteiger partial charge in [-0.25, -0.2) is 9.37 Å². The molecular formula is C13H12FN5. The summed E-state index contributed by atoms with van der Waals surface area (Å²) in [6.45, 7) is 2.02. The fraction of sp³-hybridized carbons (Fsp3) is 0.154. The molecule has 3 rings (SSSR count). The van der Waals surface area contributed by atoms with Gasteiger partial charge in [0.1, 0.15) is 18.0 Å². The molecule has 0 radical (unpaired) electrons. The van der Waals surface area contributed by atoms with Gasteiger partial charge in [-0.1, -0.05) is 6.92 Å². The molecule has 96 valence electrons. The summed E-state index contributed by atoms with van der Waals surface area (Å²) in [7, 11) is 0. The number of anilines is 2. The van der Waals surface area contributed by atoms with Crippen molar-refractivity contribution < 1.29 is 4.39 Å². The number of hydrogen-bond donors (Lipinski definition) is 1. The third kappa shape index (κ3) is 2.24. The molecule has 1 aromatic carbocycles. The number of nitrogens with one attached hydrogen (secondary N) is 1. The van der Waals surface area contributed by atoms with E-state index in [1.165, 1.54) is 18.5 Å². The Morgan fingerprint density at radius 1 is 1.26 bits per heavy atom. The summed E-state index contributed by atoms with van der Waals surface area (Å²) < 4.78 is 14.5. The van der Waals surface area contributed by atoms with Gasteiger partial charge in [0.2, 0.25) is 0 Å². The second-order valence-corrected chi connectivity index (χ2v) is 4.09. The molecule has 2 heterocycles. The van der Waals surface area contributed by atoms with E-state index in [9.17, 15) is 4.39 Å². The van der Waals surface area contributed by atoms with Crippen molar-refractivity contribution in [3.05, 3.63) is 48.2 Å². The first-order chi connectivity index (χ1) is 9.26. The van der Waals surface area contributed by atoms with E-state index in [0.29, 0.717) is 5.78 Å². The molecule has 1 N–H and O–H groups in total. The minimum atomic E-state index is -0.263. The topological polar surface area (TPSA) is 55.1 Å². The van der Waals surface area contributed by atoms with Crippen molar-refractivity contribution in [2.45, 2.75) is 13.3 Å². The fourth-order valence-electron chi connectivity index (χ4n) is 1.81. The van der Waals surface area contributed by atoms with Crippen LogP contribution in [0.15, 0.2) is 36.7 Å². The van der Waals surface area contributed by atoms with E-state index in [1.807, 2.05) is 13.0 Å². The van der Waals surface area contributed by atoms with Gasteiger partial charge in [-0.05, 0) is 30.7 Å². The Morgan fingerprint density at radius 3 is 2.79 bits per heavy atom. The van der Waals surface area contributed by atoms with E-state index >= 15 is 0 Å². The summed E-state index contributed by atoms with van der Waals surface area (Å²) in [4.78, 5) is 8.44. The number of aryl methyl sites for hydroxylation is 1. The van der Waals surface area contributed by atoms with Crippen LogP contribution in [0.4, 0.5) is 15.9 Å². The van der Waals surface area contributed by atoms with E-state index in [0.717, 1.165) is 23.6 Å². The van der Waals surface area contributed by atoms with Crippen LogP contribution in [0.25, 0.3) is 5.78 Å². The SMILES string of the molecule is CCc1cc(Nc2ccc(F)cc2)n2ncnc2n1. The lowest BCUT2D eigenvalue weighted by Gasteiger charge is -2.09. The molecule has 0 aliphatic rings. The van der Waals surface area contributed by atoms with Gasteiger partial charge >= 0.3 is 0 Å². The van der Waals surface area contributed by atoms with Crippen LogP contribution < -0.4 is 5.32 Å². The molecule has 0 unspecified atom stereocenters. The van der Waals surface area contributed by atoms with Crippen molar-refractivity contribution in [3.63, 3.8) is 0 Å². The summed E-state index contributed by atoms with van der Waals surface area (Å²) in [6.07, 6.45) is 2.26. The Balaban J connectivity index is 2.03. The molecule has 0 bridgehead atoms. The van der Waals surface area contributed by atoms with E-state index in [1.54, 1.807) is 16.6 Å². The number of aromatic nitrogens is 4. The van der Waals surface area contributed by atoms with Gasteiger partial charge in [-0.15, -0.1) is 0 Å². The van der Waals surface area contributed by atoms with Crippen LogP contribution in [0.3, 0.4) is 0 Å². The van der Waals surface area contributed by atoms with Crippen molar-refractivity contribution in [2.75, 3.05) is 5.32 Å². The van der Waals surface area contributed by atoms with E-state index in [-0.39, 0.29) is 5.82 Å². The average Bonchev–Trinajstić information content (AvgIpc) is 2.89. The van der Waals surface area contributed by atoms with E-state index in [4.69, 9.17) is 0 Å². The molecular weight excluding hydrogens is 245 g/mol. The van der Waals surface area contributed by atoms with Crippen molar-refractivity contribution in [1.29, 1.82) is 0 Å². The number of halogens is 1. The lowest BCUT2D eigenvalue weighted by Crippen LogP contribution is -2.03. The lowest BCUT2D eigenvalue weighted by molar-refractivity contribution is 0.628. The summed E-state index contributed by atoms with van der Waals surface area (Å²) in [5.74, 6) is 1.04. The minimum Gasteiger partial charge on any atom is -0.340 e. The zero-order valence-corrected chi connectivity index (χ0v) is 10.3. The number of fused-ring (bicyclic) bond motifs is 1. The van der Waals surface area contributed by atoms with E-state index in [2.05, 4.69) is 20.4 Å². The van der Waals surface area contributed by atoms with Crippen LogP contribution in [0.1, 0.15) is 12.6 Å². The molecule has 0 aliphatic heterocycles. The van der Waals surface area contributed by atoms with Crippen molar-refractivity contribution in [1.82, 2.24) is 19.6 Å². The number of rotatable bonds is 3. The smallest absolute Gasteiger partial charge is 0.254 e. The molecule has 0 aliphatic carbocycles. The molecule has 2 aromatic heterocycles. The molecule has 0 atom stereocenters. The lowest BCUT2D eigenvalue weighted by atomic mass is 10.3. The summed E-state index contributed by atoms with van der Waals surface area (Å²) in [5, 5.41) is 7.30. The van der Waals surface area contributed by atoms with Crippen molar-refractivity contribution in [3.8, 4) is 0 Å². The summed E-state index contributed by atoms with van der Waals surface area (Å²) in [6, 6.07) is 8.06. The maximum Gasteiger partial charge on any atom is 0.254 e. The van der Waals surface area contributed by atoms with E-state index < -0.39 is 0 Å². The Labute approximate surface area is 109 Å². The number of hydrogen-bond acceptors (Lipinski definition) is 4. The molecule has 6 heteroatoms. The molecule has 0 saturated heterocycles. The van der Waals surface area contributed by atoms with Crippen LogP contribution in [0, 0.1) is 5.82 Å². The predicted molar refractivity (Wildman–Crippen MR) is 69.8 cm³/mol. The van der Waals surface area contributed by atoms with Crippen molar-refractivity contribution in [2.24, 2.45) is 0 Å². The Bertz CT molecular complexity index is 705. The highest BCUT2D eigenvalue weighted by Gasteiger charge is 2.07. The van der Waals surface area contributed by atoms with Gasteiger partial charge in [-0.3, -0.25) is 0 Å². The van der Waals surface area contributed by atoms with Crippen LogP contribution in [0.5, 0.6) is 0 Å². The van der Waals surface area contributed by atoms with Crippen LogP contribution >= 0.6 is 0 Å². The highest BCUT2D eigenvalue weighted by atomic mass is 19.1. The summed E-state index contributed by atoms with van der Waals surface area (Å²) in [5.41, 5.74) is 1.71. The third-order valence-corrected chi connectivity index (χ3v) is 2.78.